The first-order chi connectivity index (χ1) is 16.9. The Labute approximate surface area is 221 Å². The Morgan fingerprint density at radius 3 is 2.39 bits per heavy atom. The predicted molar refractivity (Wildman–Crippen MR) is 151 cm³/mol. The molecule has 2 rings (SSSR count). The zero-order valence-corrected chi connectivity index (χ0v) is 24.6. The van der Waals surface area contributed by atoms with Gasteiger partial charge in [0, 0.05) is 6.61 Å². The number of benzene rings is 1. The van der Waals surface area contributed by atoms with E-state index in [9.17, 15) is 10.2 Å². The Balaban J connectivity index is 1.76. The average molecular weight is 521 g/mol. The summed E-state index contributed by atoms with van der Waals surface area (Å²) < 4.78 is 18.7. The number of hydrogen-bond acceptors (Lipinski definition) is 5. The first kappa shape index (κ1) is 31.2. The van der Waals surface area contributed by atoms with Gasteiger partial charge >= 0.3 is 0 Å². The molecule has 0 amide bonds. The summed E-state index contributed by atoms with van der Waals surface area (Å²) in [5, 5.41) is 21.7. The van der Waals surface area contributed by atoms with Crippen LogP contribution in [0.5, 0.6) is 0 Å². The number of aliphatic hydroxyl groups excluding tert-OH is 2. The van der Waals surface area contributed by atoms with Crippen LogP contribution in [0.1, 0.15) is 78.2 Å². The van der Waals surface area contributed by atoms with Crippen LogP contribution in [0, 0.1) is 5.92 Å². The highest BCUT2D eigenvalue weighted by Gasteiger charge is 2.40. The van der Waals surface area contributed by atoms with Gasteiger partial charge < -0.3 is 24.1 Å². The summed E-state index contributed by atoms with van der Waals surface area (Å²) >= 11 is 0. The van der Waals surface area contributed by atoms with Crippen molar-refractivity contribution in [1.82, 2.24) is 0 Å². The van der Waals surface area contributed by atoms with E-state index in [1.807, 2.05) is 24.3 Å². The van der Waals surface area contributed by atoms with Crippen molar-refractivity contribution in [3.8, 4) is 0 Å². The van der Waals surface area contributed by atoms with Gasteiger partial charge in [-0.2, -0.15) is 0 Å². The van der Waals surface area contributed by atoms with Crippen molar-refractivity contribution in [2.45, 2.75) is 128 Å². The van der Waals surface area contributed by atoms with E-state index in [1.54, 1.807) is 0 Å². The van der Waals surface area contributed by atoms with Gasteiger partial charge in [0.05, 0.1) is 37.1 Å². The quantitative estimate of drug-likeness (QED) is 0.154. The Morgan fingerprint density at radius 2 is 1.75 bits per heavy atom. The molecule has 6 heteroatoms. The van der Waals surface area contributed by atoms with Crippen LogP contribution in [0.15, 0.2) is 43.0 Å². The van der Waals surface area contributed by atoms with Crippen molar-refractivity contribution in [2.24, 2.45) is 5.92 Å². The number of hydrogen-bond donors (Lipinski definition) is 2. The summed E-state index contributed by atoms with van der Waals surface area (Å²) in [6, 6.07) is 10.2. The summed E-state index contributed by atoms with van der Waals surface area (Å²) in [4.78, 5) is 0. The van der Waals surface area contributed by atoms with Crippen LogP contribution in [0.2, 0.25) is 18.1 Å². The van der Waals surface area contributed by atoms with Crippen LogP contribution in [0.3, 0.4) is 0 Å². The van der Waals surface area contributed by atoms with E-state index in [-0.39, 0.29) is 29.3 Å². The topological polar surface area (TPSA) is 68.2 Å². The lowest BCUT2D eigenvalue weighted by molar-refractivity contribution is -0.0836. The minimum atomic E-state index is -1.98. The van der Waals surface area contributed by atoms with Crippen LogP contribution in [-0.2, 0) is 20.5 Å². The Morgan fingerprint density at radius 1 is 1.08 bits per heavy atom. The molecular formula is C30H52O5Si. The van der Waals surface area contributed by atoms with E-state index < -0.39 is 20.5 Å². The van der Waals surface area contributed by atoms with Crippen molar-refractivity contribution < 1.29 is 24.1 Å². The van der Waals surface area contributed by atoms with Crippen LogP contribution < -0.4 is 0 Å². The third kappa shape index (κ3) is 10.8. The molecule has 0 unspecified atom stereocenters. The molecule has 5 nitrogen and oxygen atoms in total. The van der Waals surface area contributed by atoms with Gasteiger partial charge in [0.15, 0.2) is 8.32 Å². The normalized spacial score (nSPS) is 22.6. The molecule has 2 N–H and O–H groups in total. The second kappa shape index (κ2) is 14.8. The standard InChI is InChI=1S/C30H52O5Si/c1-8-23(2)29(35-36(6,7)30(3,4)5)21-26(32)19-25(31)20-28-16-12-15-27(34-28)17-18-33-22-24-13-10-9-11-14-24/h8-11,13-14,23,25-29,31-32H,1,12,15-22H2,2-7H3/t23-,25-,26-,27+,28-,29+/m0/s1. The summed E-state index contributed by atoms with van der Waals surface area (Å²) in [6.07, 6.45) is 6.16. The van der Waals surface area contributed by atoms with Crippen LogP contribution in [-0.4, -0.2) is 55.7 Å². The molecule has 206 valence electrons. The molecule has 0 bridgehead atoms. The lowest BCUT2D eigenvalue weighted by Crippen LogP contribution is -2.46. The van der Waals surface area contributed by atoms with E-state index in [1.165, 1.54) is 5.56 Å². The van der Waals surface area contributed by atoms with Gasteiger partial charge in [-0.05, 0) is 74.6 Å². The summed E-state index contributed by atoms with van der Waals surface area (Å²) in [5.41, 5.74) is 1.18. The van der Waals surface area contributed by atoms with Gasteiger partial charge in [0.1, 0.15) is 0 Å². The Kier molecular flexibility index (Phi) is 12.8. The summed E-state index contributed by atoms with van der Waals surface area (Å²) in [6.45, 7) is 18.5. The number of ether oxygens (including phenoxy) is 2. The molecule has 0 aliphatic carbocycles. The molecule has 0 saturated carbocycles. The van der Waals surface area contributed by atoms with Crippen LogP contribution in [0.4, 0.5) is 0 Å². The smallest absolute Gasteiger partial charge is 0.192 e. The predicted octanol–water partition coefficient (Wildman–Crippen LogP) is 6.64. The molecule has 0 spiro atoms. The van der Waals surface area contributed by atoms with Crippen molar-refractivity contribution in [2.75, 3.05) is 6.61 Å². The highest BCUT2D eigenvalue weighted by Crippen LogP contribution is 2.39. The van der Waals surface area contributed by atoms with Gasteiger partial charge in [0.2, 0.25) is 0 Å². The molecule has 1 aromatic rings. The van der Waals surface area contributed by atoms with Crippen molar-refractivity contribution >= 4 is 8.32 Å². The SMILES string of the molecule is C=C[C@H](C)[C@@H](C[C@@H](O)C[C@H](O)C[C@@H]1CCC[C@H](CCOCc2ccccc2)O1)O[Si](C)(C)C(C)(C)C. The van der Waals surface area contributed by atoms with Crippen molar-refractivity contribution in [3.05, 3.63) is 48.6 Å². The van der Waals surface area contributed by atoms with E-state index in [0.29, 0.717) is 32.5 Å². The van der Waals surface area contributed by atoms with Crippen LogP contribution >= 0.6 is 0 Å². The first-order valence-corrected chi connectivity index (χ1v) is 16.8. The van der Waals surface area contributed by atoms with Gasteiger partial charge in [-0.15, -0.1) is 6.58 Å². The maximum Gasteiger partial charge on any atom is 0.192 e. The molecule has 1 heterocycles. The molecule has 1 aliphatic heterocycles. The van der Waals surface area contributed by atoms with Gasteiger partial charge in [-0.3, -0.25) is 0 Å². The third-order valence-electron chi connectivity index (χ3n) is 7.93. The average Bonchev–Trinajstić information content (AvgIpc) is 2.80. The fraction of sp³-hybridized carbons (Fsp3) is 0.733. The van der Waals surface area contributed by atoms with E-state index in [2.05, 4.69) is 59.5 Å². The minimum absolute atomic E-state index is 0.0338. The van der Waals surface area contributed by atoms with E-state index in [4.69, 9.17) is 13.9 Å². The largest absolute Gasteiger partial charge is 0.413 e. The van der Waals surface area contributed by atoms with E-state index in [0.717, 1.165) is 25.7 Å². The van der Waals surface area contributed by atoms with E-state index >= 15 is 0 Å². The summed E-state index contributed by atoms with van der Waals surface area (Å²) in [7, 11) is -1.98. The Bertz CT molecular complexity index is 747. The molecular weight excluding hydrogens is 468 g/mol. The molecule has 1 fully saturated rings. The van der Waals surface area contributed by atoms with Gasteiger partial charge in [0.25, 0.3) is 0 Å². The van der Waals surface area contributed by atoms with Crippen molar-refractivity contribution in [1.29, 1.82) is 0 Å². The number of aliphatic hydroxyl groups is 2. The zero-order chi connectivity index (χ0) is 26.8. The first-order valence-electron chi connectivity index (χ1n) is 13.8. The maximum absolute atomic E-state index is 10.8. The minimum Gasteiger partial charge on any atom is -0.413 e. The third-order valence-corrected chi connectivity index (χ3v) is 12.4. The fourth-order valence-electron chi connectivity index (χ4n) is 4.50. The molecule has 1 aromatic carbocycles. The van der Waals surface area contributed by atoms with Gasteiger partial charge in [-0.1, -0.05) is 64.1 Å². The molecule has 0 radical (unpaired) electrons. The highest BCUT2D eigenvalue weighted by atomic mass is 28.4. The molecule has 1 aliphatic rings. The number of rotatable bonds is 15. The lowest BCUT2D eigenvalue weighted by Gasteiger charge is -2.41. The zero-order valence-electron chi connectivity index (χ0n) is 23.6. The maximum atomic E-state index is 10.8. The monoisotopic (exact) mass is 520 g/mol. The highest BCUT2D eigenvalue weighted by molar-refractivity contribution is 6.74. The molecule has 1 saturated heterocycles. The van der Waals surface area contributed by atoms with Gasteiger partial charge in [-0.25, -0.2) is 0 Å². The molecule has 36 heavy (non-hydrogen) atoms. The van der Waals surface area contributed by atoms with Crippen molar-refractivity contribution in [3.63, 3.8) is 0 Å². The lowest BCUT2D eigenvalue weighted by atomic mass is 9.93. The molecule has 0 aromatic heterocycles. The fourth-order valence-corrected chi connectivity index (χ4v) is 5.92. The second-order valence-electron chi connectivity index (χ2n) is 12.2. The van der Waals surface area contributed by atoms with Crippen LogP contribution in [0.25, 0.3) is 0 Å². The second-order valence-corrected chi connectivity index (χ2v) is 16.9. The molecule has 6 atom stereocenters. The Hall–Kier alpha value is -1.02. The summed E-state index contributed by atoms with van der Waals surface area (Å²) in [5.74, 6) is 0.137.